The highest BCUT2D eigenvalue weighted by Crippen LogP contribution is 2.06. The molecule has 1 rings (SSSR count). The second kappa shape index (κ2) is 9.13. The van der Waals surface area contributed by atoms with E-state index in [0.717, 1.165) is 12.0 Å². The highest BCUT2D eigenvalue weighted by Gasteiger charge is 2.21. The van der Waals surface area contributed by atoms with E-state index in [4.69, 9.17) is 9.47 Å². The summed E-state index contributed by atoms with van der Waals surface area (Å²) in [5, 5.41) is 0. The van der Waals surface area contributed by atoms with Crippen molar-refractivity contribution < 1.29 is 19.1 Å². The Balaban J connectivity index is 2.64. The third kappa shape index (κ3) is 5.95. The summed E-state index contributed by atoms with van der Waals surface area (Å²) in [7, 11) is 2.83. The number of nitrogens with zero attached hydrogens (tertiary/aromatic N) is 1. The normalized spacial score (nSPS) is 11.8. The fourth-order valence-electron chi connectivity index (χ4n) is 2.05. The molecule has 0 aliphatic rings. The zero-order valence-electron chi connectivity index (χ0n) is 12.9. The van der Waals surface area contributed by atoms with E-state index in [9.17, 15) is 9.59 Å². The molecule has 1 amide bonds. The summed E-state index contributed by atoms with van der Waals surface area (Å²) in [6.07, 6.45) is 0.740. The van der Waals surface area contributed by atoms with Crippen molar-refractivity contribution >= 4 is 11.9 Å². The zero-order valence-corrected chi connectivity index (χ0v) is 12.9. The molecule has 0 spiro atoms. The molecular formula is C16H23NO4. The minimum absolute atomic E-state index is 0.0165. The molecular weight excluding hydrogens is 270 g/mol. The van der Waals surface area contributed by atoms with E-state index < -0.39 is 0 Å². The van der Waals surface area contributed by atoms with Gasteiger partial charge in [0, 0.05) is 20.2 Å². The Hall–Kier alpha value is -1.88. The Bertz CT molecular complexity index is 447. The van der Waals surface area contributed by atoms with E-state index in [1.807, 2.05) is 30.3 Å². The first-order chi connectivity index (χ1) is 10.1. The van der Waals surface area contributed by atoms with Crippen LogP contribution < -0.4 is 0 Å². The van der Waals surface area contributed by atoms with Gasteiger partial charge < -0.3 is 14.4 Å². The summed E-state index contributed by atoms with van der Waals surface area (Å²) in [5.74, 6) is -0.791. The molecule has 116 valence electrons. The van der Waals surface area contributed by atoms with Crippen LogP contribution in [0.3, 0.4) is 0 Å². The van der Waals surface area contributed by atoms with Crippen LogP contribution in [-0.4, -0.2) is 50.7 Å². The zero-order chi connectivity index (χ0) is 15.7. The Morgan fingerprint density at radius 3 is 2.43 bits per heavy atom. The SMILES string of the molecule is COCC(=O)N(CCc1ccccc1)CC(C)C(=O)OC. The van der Waals surface area contributed by atoms with Crippen molar-refractivity contribution in [2.24, 2.45) is 5.92 Å². The van der Waals surface area contributed by atoms with Gasteiger partial charge in [0.1, 0.15) is 6.61 Å². The van der Waals surface area contributed by atoms with Gasteiger partial charge in [-0.1, -0.05) is 37.3 Å². The van der Waals surface area contributed by atoms with E-state index in [2.05, 4.69) is 0 Å². The quantitative estimate of drug-likeness (QED) is 0.682. The summed E-state index contributed by atoms with van der Waals surface area (Å²) in [6.45, 7) is 2.65. The van der Waals surface area contributed by atoms with Crippen molar-refractivity contribution in [3.8, 4) is 0 Å². The van der Waals surface area contributed by atoms with Gasteiger partial charge in [-0.2, -0.15) is 0 Å². The Kier molecular flexibility index (Phi) is 7.46. The second-order valence-corrected chi connectivity index (χ2v) is 4.93. The lowest BCUT2D eigenvalue weighted by molar-refractivity contribution is -0.147. The molecule has 0 saturated carbocycles. The van der Waals surface area contributed by atoms with Gasteiger partial charge in [0.2, 0.25) is 5.91 Å². The standard InChI is InChI=1S/C16H23NO4/c1-13(16(19)21-3)11-17(15(18)12-20-2)10-9-14-7-5-4-6-8-14/h4-8,13H,9-12H2,1-3H3. The highest BCUT2D eigenvalue weighted by atomic mass is 16.5. The minimum Gasteiger partial charge on any atom is -0.469 e. The third-order valence-electron chi connectivity index (χ3n) is 3.23. The van der Waals surface area contributed by atoms with Crippen LogP contribution in [0.1, 0.15) is 12.5 Å². The van der Waals surface area contributed by atoms with E-state index in [0.29, 0.717) is 13.1 Å². The van der Waals surface area contributed by atoms with E-state index in [-0.39, 0.29) is 24.4 Å². The van der Waals surface area contributed by atoms with E-state index >= 15 is 0 Å². The molecule has 5 heteroatoms. The van der Waals surface area contributed by atoms with Gasteiger partial charge in [0.05, 0.1) is 13.0 Å². The van der Waals surface area contributed by atoms with Crippen LogP contribution in [0.25, 0.3) is 0 Å². The van der Waals surface area contributed by atoms with Crippen LogP contribution >= 0.6 is 0 Å². The van der Waals surface area contributed by atoms with Crippen LogP contribution in [0.5, 0.6) is 0 Å². The number of rotatable bonds is 8. The molecule has 0 fully saturated rings. The van der Waals surface area contributed by atoms with Gasteiger partial charge in [-0.3, -0.25) is 9.59 Å². The molecule has 0 aliphatic carbocycles. The van der Waals surface area contributed by atoms with Gasteiger partial charge >= 0.3 is 5.97 Å². The highest BCUT2D eigenvalue weighted by molar-refractivity contribution is 5.79. The number of hydrogen-bond acceptors (Lipinski definition) is 4. The molecule has 0 N–H and O–H groups in total. The number of carbonyl (C=O) groups is 2. The molecule has 5 nitrogen and oxygen atoms in total. The van der Waals surface area contributed by atoms with Crippen LogP contribution in [0.15, 0.2) is 30.3 Å². The lowest BCUT2D eigenvalue weighted by atomic mass is 10.1. The Morgan fingerprint density at radius 1 is 1.19 bits per heavy atom. The van der Waals surface area contributed by atoms with Gasteiger partial charge in [0.25, 0.3) is 0 Å². The first-order valence-electron chi connectivity index (χ1n) is 6.97. The first kappa shape index (κ1) is 17.2. The Labute approximate surface area is 125 Å². The Morgan fingerprint density at radius 2 is 1.86 bits per heavy atom. The van der Waals surface area contributed by atoms with Gasteiger partial charge in [0.15, 0.2) is 0 Å². The van der Waals surface area contributed by atoms with Crippen LogP contribution in [0.2, 0.25) is 0 Å². The molecule has 1 atom stereocenters. The summed E-state index contributed by atoms with van der Waals surface area (Å²) in [5.41, 5.74) is 1.15. The molecule has 0 aromatic heterocycles. The fraction of sp³-hybridized carbons (Fsp3) is 0.500. The van der Waals surface area contributed by atoms with Gasteiger partial charge in [-0.05, 0) is 12.0 Å². The molecule has 0 heterocycles. The largest absolute Gasteiger partial charge is 0.469 e. The molecule has 1 unspecified atom stereocenters. The average Bonchev–Trinajstić information content (AvgIpc) is 2.51. The van der Waals surface area contributed by atoms with Crippen LogP contribution in [0.4, 0.5) is 0 Å². The van der Waals surface area contributed by atoms with E-state index in [1.54, 1.807) is 11.8 Å². The molecule has 0 saturated heterocycles. The van der Waals surface area contributed by atoms with Gasteiger partial charge in [-0.15, -0.1) is 0 Å². The third-order valence-corrected chi connectivity index (χ3v) is 3.23. The topological polar surface area (TPSA) is 55.8 Å². The maximum Gasteiger partial charge on any atom is 0.310 e. The van der Waals surface area contributed by atoms with Crippen molar-refractivity contribution in [3.63, 3.8) is 0 Å². The van der Waals surface area contributed by atoms with Crippen molar-refractivity contribution in [1.82, 2.24) is 4.90 Å². The fourth-order valence-corrected chi connectivity index (χ4v) is 2.05. The lowest BCUT2D eigenvalue weighted by Crippen LogP contribution is -2.40. The van der Waals surface area contributed by atoms with Crippen molar-refractivity contribution in [1.29, 1.82) is 0 Å². The monoisotopic (exact) mass is 293 g/mol. The maximum absolute atomic E-state index is 12.1. The smallest absolute Gasteiger partial charge is 0.310 e. The van der Waals surface area contributed by atoms with Crippen LogP contribution in [0, 0.1) is 5.92 Å². The number of amides is 1. The molecule has 1 aromatic rings. The minimum atomic E-state index is -0.355. The summed E-state index contributed by atoms with van der Waals surface area (Å²) in [4.78, 5) is 25.2. The molecule has 1 aromatic carbocycles. The maximum atomic E-state index is 12.1. The van der Waals surface area contributed by atoms with Crippen molar-refractivity contribution in [3.05, 3.63) is 35.9 Å². The molecule has 0 aliphatic heterocycles. The van der Waals surface area contributed by atoms with E-state index in [1.165, 1.54) is 14.2 Å². The predicted molar refractivity (Wildman–Crippen MR) is 79.8 cm³/mol. The first-order valence-corrected chi connectivity index (χ1v) is 6.97. The predicted octanol–water partition coefficient (Wildman–Crippen LogP) is 1.51. The lowest BCUT2D eigenvalue weighted by Gasteiger charge is -2.25. The molecule has 0 radical (unpaired) electrons. The summed E-state index contributed by atoms with van der Waals surface area (Å²) >= 11 is 0. The number of hydrogen-bond donors (Lipinski definition) is 0. The van der Waals surface area contributed by atoms with Crippen LogP contribution in [-0.2, 0) is 25.5 Å². The number of methoxy groups -OCH3 is 2. The van der Waals surface area contributed by atoms with Crippen molar-refractivity contribution in [2.75, 3.05) is 33.9 Å². The van der Waals surface area contributed by atoms with Crippen molar-refractivity contribution in [2.45, 2.75) is 13.3 Å². The number of esters is 1. The van der Waals surface area contributed by atoms with Gasteiger partial charge in [-0.25, -0.2) is 0 Å². The number of benzene rings is 1. The second-order valence-electron chi connectivity index (χ2n) is 4.93. The number of ether oxygens (including phenoxy) is 2. The molecule has 0 bridgehead atoms. The average molecular weight is 293 g/mol. The number of carbonyl (C=O) groups excluding carboxylic acids is 2. The summed E-state index contributed by atoms with van der Waals surface area (Å²) in [6, 6.07) is 9.92. The summed E-state index contributed by atoms with van der Waals surface area (Å²) < 4.78 is 9.60. The molecule has 21 heavy (non-hydrogen) atoms.